The van der Waals surface area contributed by atoms with Crippen molar-refractivity contribution in [1.29, 1.82) is 0 Å². The van der Waals surface area contributed by atoms with Crippen molar-refractivity contribution in [1.82, 2.24) is 0 Å². The molecule has 61 heavy (non-hydrogen) atoms. The molecule has 2 aliphatic carbocycles. The van der Waals surface area contributed by atoms with Gasteiger partial charge in [-0.2, -0.15) is 0 Å². The molecule has 0 N–H and O–H groups in total. The van der Waals surface area contributed by atoms with Gasteiger partial charge < -0.3 is 9.80 Å². The van der Waals surface area contributed by atoms with E-state index in [-0.39, 0.29) is 5.41 Å². The van der Waals surface area contributed by atoms with Crippen LogP contribution in [0.5, 0.6) is 0 Å². The van der Waals surface area contributed by atoms with Crippen LogP contribution < -0.4 is 9.80 Å². The molecule has 3 heteroatoms. The lowest BCUT2D eigenvalue weighted by atomic mass is 9.55. The second kappa shape index (κ2) is 13.7. The number of thiophene rings is 1. The van der Waals surface area contributed by atoms with Crippen LogP contribution in [0.4, 0.5) is 34.1 Å². The summed E-state index contributed by atoms with van der Waals surface area (Å²) in [6.45, 7) is 4.80. The fourth-order valence-electron chi connectivity index (χ4n) is 10.6. The molecule has 0 amide bonds. The molecule has 2 nitrogen and oxygen atoms in total. The quantitative estimate of drug-likeness (QED) is 0.165. The van der Waals surface area contributed by atoms with Crippen LogP contribution in [-0.2, 0) is 10.8 Å². The molecular weight excluding hydrogens is 757 g/mol. The Morgan fingerprint density at radius 2 is 0.705 bits per heavy atom. The first kappa shape index (κ1) is 35.7. The van der Waals surface area contributed by atoms with Gasteiger partial charge in [0.05, 0.1) is 5.41 Å². The first-order valence-corrected chi connectivity index (χ1v) is 22.0. The zero-order chi connectivity index (χ0) is 40.7. The Balaban J connectivity index is 1.15. The van der Waals surface area contributed by atoms with E-state index in [2.05, 4.69) is 242 Å². The lowest BCUT2D eigenvalue weighted by Gasteiger charge is -2.47. The van der Waals surface area contributed by atoms with Gasteiger partial charge in [-0.15, -0.1) is 11.3 Å². The average molecular weight is 799 g/mol. The maximum absolute atomic E-state index is 2.51. The number of para-hydroxylation sites is 3. The van der Waals surface area contributed by atoms with Gasteiger partial charge in [-0.1, -0.05) is 147 Å². The van der Waals surface area contributed by atoms with E-state index in [4.69, 9.17) is 0 Å². The van der Waals surface area contributed by atoms with Crippen molar-refractivity contribution in [2.24, 2.45) is 0 Å². The van der Waals surface area contributed by atoms with Crippen LogP contribution in [-0.4, -0.2) is 0 Å². The van der Waals surface area contributed by atoms with Crippen molar-refractivity contribution in [3.05, 3.63) is 252 Å². The van der Waals surface area contributed by atoms with Gasteiger partial charge in [0.2, 0.25) is 0 Å². The van der Waals surface area contributed by atoms with Crippen molar-refractivity contribution in [2.45, 2.75) is 24.7 Å². The Morgan fingerprint density at radius 1 is 0.311 bits per heavy atom. The highest BCUT2D eigenvalue weighted by atomic mass is 32.1. The molecule has 0 saturated heterocycles. The average Bonchev–Trinajstić information content (AvgIpc) is 3.83. The minimum atomic E-state index is -0.589. The van der Waals surface area contributed by atoms with E-state index in [1.807, 2.05) is 11.3 Å². The highest BCUT2D eigenvalue weighted by Crippen LogP contribution is 2.63. The van der Waals surface area contributed by atoms with Crippen LogP contribution >= 0.6 is 11.3 Å². The van der Waals surface area contributed by atoms with Gasteiger partial charge >= 0.3 is 0 Å². The van der Waals surface area contributed by atoms with E-state index >= 15 is 0 Å². The smallest absolute Gasteiger partial charge is 0.0721 e. The first-order valence-electron chi connectivity index (χ1n) is 21.2. The molecule has 290 valence electrons. The molecule has 1 spiro atoms. The number of fused-ring (bicyclic) bond motifs is 12. The van der Waals surface area contributed by atoms with Crippen molar-refractivity contribution < 1.29 is 0 Å². The Morgan fingerprint density at radius 3 is 1.23 bits per heavy atom. The second-order valence-corrected chi connectivity index (χ2v) is 18.0. The lowest BCUT2D eigenvalue weighted by molar-refractivity contribution is 0.563. The molecule has 0 aliphatic heterocycles. The monoisotopic (exact) mass is 798 g/mol. The highest BCUT2D eigenvalue weighted by molar-refractivity contribution is 7.25. The van der Waals surface area contributed by atoms with Gasteiger partial charge in [-0.25, -0.2) is 0 Å². The fourth-order valence-corrected chi connectivity index (χ4v) is 11.7. The van der Waals surface area contributed by atoms with Crippen LogP contribution in [0.3, 0.4) is 0 Å². The standard InChI is InChI=1S/C58H42N2S/c1-57(2)49-25-13-15-27-51(49)58(52-28-16-14-26-50(52)57)53-37-43(59(39-18-6-3-7-19-39)40-20-8-4-9-21-40)30-33-45(53)46-34-31-44(38-54(46)58)60(41-22-10-5-11-23-41)42-32-35-56-48(36-42)47-24-12-17-29-55(47)61-56/h3-38H,1-2H3. The summed E-state index contributed by atoms with van der Waals surface area (Å²) in [6, 6.07) is 81.1. The summed E-state index contributed by atoms with van der Waals surface area (Å²) in [5.41, 5.74) is 16.6. The van der Waals surface area contributed by atoms with Crippen LogP contribution in [0, 0.1) is 0 Å². The van der Waals surface area contributed by atoms with E-state index in [9.17, 15) is 0 Å². The summed E-state index contributed by atoms with van der Waals surface area (Å²) in [5, 5.41) is 2.59. The molecule has 0 fully saturated rings. The van der Waals surface area contributed by atoms with Crippen LogP contribution in [0.2, 0.25) is 0 Å². The number of rotatable bonds is 6. The Bertz CT molecular complexity index is 3200. The van der Waals surface area contributed by atoms with Crippen LogP contribution in [0.1, 0.15) is 47.2 Å². The third kappa shape index (κ3) is 5.27. The number of anilines is 6. The highest BCUT2D eigenvalue weighted by Gasteiger charge is 2.53. The molecular formula is C58H42N2S. The summed E-state index contributed by atoms with van der Waals surface area (Å²) < 4.78 is 2.61. The maximum Gasteiger partial charge on any atom is 0.0721 e. The van der Waals surface area contributed by atoms with Crippen molar-refractivity contribution >= 4 is 65.6 Å². The largest absolute Gasteiger partial charge is 0.310 e. The predicted molar refractivity (Wildman–Crippen MR) is 258 cm³/mol. The van der Waals surface area contributed by atoms with Gasteiger partial charge in [0.1, 0.15) is 0 Å². The molecule has 1 aromatic heterocycles. The molecule has 9 aromatic carbocycles. The topological polar surface area (TPSA) is 6.48 Å². The minimum absolute atomic E-state index is 0.203. The van der Waals surface area contributed by atoms with E-state index in [0.717, 1.165) is 34.1 Å². The fraction of sp³-hybridized carbons (Fsp3) is 0.0690. The second-order valence-electron chi connectivity index (χ2n) is 16.9. The van der Waals surface area contributed by atoms with Crippen LogP contribution in [0.15, 0.2) is 218 Å². The van der Waals surface area contributed by atoms with Gasteiger partial charge in [-0.05, 0) is 129 Å². The molecule has 0 saturated carbocycles. The number of benzene rings is 9. The minimum Gasteiger partial charge on any atom is -0.310 e. The molecule has 10 aromatic rings. The summed E-state index contributed by atoms with van der Waals surface area (Å²) in [4.78, 5) is 4.85. The van der Waals surface area contributed by atoms with Crippen molar-refractivity contribution in [3.63, 3.8) is 0 Å². The molecule has 0 bridgehead atoms. The molecule has 0 radical (unpaired) electrons. The third-order valence-electron chi connectivity index (χ3n) is 13.3. The van der Waals surface area contributed by atoms with Gasteiger partial charge in [0.15, 0.2) is 0 Å². The lowest BCUT2D eigenvalue weighted by Crippen LogP contribution is -2.40. The van der Waals surface area contributed by atoms with Gasteiger partial charge in [-0.3, -0.25) is 0 Å². The zero-order valence-electron chi connectivity index (χ0n) is 34.1. The van der Waals surface area contributed by atoms with E-state index in [0.29, 0.717) is 0 Å². The van der Waals surface area contributed by atoms with Gasteiger partial charge in [0, 0.05) is 59.7 Å². The zero-order valence-corrected chi connectivity index (χ0v) is 34.9. The summed E-state index contributed by atoms with van der Waals surface area (Å²) in [6.07, 6.45) is 0. The van der Waals surface area contributed by atoms with E-state index in [1.165, 1.54) is 64.7 Å². The molecule has 0 atom stereocenters. The molecule has 2 aliphatic rings. The maximum atomic E-state index is 2.51. The van der Waals surface area contributed by atoms with E-state index in [1.54, 1.807) is 0 Å². The molecule has 1 heterocycles. The summed E-state index contributed by atoms with van der Waals surface area (Å²) >= 11 is 1.86. The summed E-state index contributed by atoms with van der Waals surface area (Å²) in [5.74, 6) is 0. The SMILES string of the molecule is CC1(C)c2ccccc2C2(c3cc(N(c4ccccc4)c4ccccc4)ccc3-c3ccc(N(c4ccccc4)c4ccc5sc6ccccc6c5c4)cc32)c2ccccc21. The third-order valence-corrected chi connectivity index (χ3v) is 14.4. The predicted octanol–water partition coefficient (Wildman–Crippen LogP) is 16.0. The van der Waals surface area contributed by atoms with Gasteiger partial charge in [0.25, 0.3) is 0 Å². The van der Waals surface area contributed by atoms with E-state index < -0.39 is 5.41 Å². The number of hydrogen-bond acceptors (Lipinski definition) is 3. The van der Waals surface area contributed by atoms with Crippen molar-refractivity contribution in [3.8, 4) is 11.1 Å². The Hall–Kier alpha value is -7.20. The normalized spacial score (nSPS) is 14.0. The Kier molecular flexibility index (Phi) is 8.01. The molecule has 0 unspecified atom stereocenters. The molecule has 12 rings (SSSR count). The number of hydrogen-bond donors (Lipinski definition) is 0. The van der Waals surface area contributed by atoms with Crippen LogP contribution in [0.25, 0.3) is 31.3 Å². The number of nitrogens with zero attached hydrogens (tertiary/aromatic N) is 2. The summed E-state index contributed by atoms with van der Waals surface area (Å²) in [7, 11) is 0. The Labute approximate surface area is 361 Å². The van der Waals surface area contributed by atoms with Crippen molar-refractivity contribution in [2.75, 3.05) is 9.80 Å². The first-order chi connectivity index (χ1) is 30.0.